The third kappa shape index (κ3) is 2.37. The Kier molecular flexibility index (Phi) is 3.64. The van der Waals surface area contributed by atoms with E-state index in [1.165, 1.54) is 0 Å². The standard InChI is InChI=1S/C13H22N4O2/c1-8-10(9(2)17(4)16-8)5-15-12(18)13(3)7-19-6-11(13)14/h11H,5-7,14H2,1-4H3,(H,15,18). The molecule has 6 nitrogen and oxygen atoms in total. The Morgan fingerprint density at radius 1 is 1.63 bits per heavy atom. The highest BCUT2D eigenvalue weighted by molar-refractivity contribution is 5.83. The number of hydrogen-bond acceptors (Lipinski definition) is 4. The molecule has 1 aliphatic heterocycles. The first-order valence-electron chi connectivity index (χ1n) is 6.47. The maximum absolute atomic E-state index is 12.3. The van der Waals surface area contributed by atoms with E-state index < -0.39 is 5.41 Å². The number of carbonyl (C=O) groups excluding carboxylic acids is 1. The van der Waals surface area contributed by atoms with Gasteiger partial charge in [0.1, 0.15) is 0 Å². The van der Waals surface area contributed by atoms with Gasteiger partial charge in [0.05, 0.1) is 24.3 Å². The van der Waals surface area contributed by atoms with Crippen molar-refractivity contribution >= 4 is 5.91 Å². The zero-order chi connectivity index (χ0) is 14.2. The molecule has 0 bridgehead atoms. The van der Waals surface area contributed by atoms with Crippen LogP contribution in [0.15, 0.2) is 0 Å². The Balaban J connectivity index is 2.05. The maximum Gasteiger partial charge on any atom is 0.230 e. The third-order valence-corrected chi connectivity index (χ3v) is 4.12. The number of nitrogens with one attached hydrogen (secondary N) is 1. The summed E-state index contributed by atoms with van der Waals surface area (Å²) in [7, 11) is 1.90. The lowest BCUT2D eigenvalue weighted by Gasteiger charge is -2.25. The number of ether oxygens (including phenoxy) is 1. The highest BCUT2D eigenvalue weighted by Gasteiger charge is 2.44. The lowest BCUT2D eigenvalue weighted by atomic mass is 9.85. The van der Waals surface area contributed by atoms with Gasteiger partial charge in [0.15, 0.2) is 0 Å². The molecule has 1 aromatic heterocycles. The summed E-state index contributed by atoms with van der Waals surface area (Å²) in [6.07, 6.45) is 0. The van der Waals surface area contributed by atoms with Gasteiger partial charge < -0.3 is 15.8 Å². The van der Waals surface area contributed by atoms with E-state index in [4.69, 9.17) is 10.5 Å². The number of aryl methyl sites for hydroxylation is 2. The molecule has 0 spiro atoms. The molecule has 2 rings (SSSR count). The maximum atomic E-state index is 12.3. The Morgan fingerprint density at radius 3 is 2.79 bits per heavy atom. The van der Waals surface area contributed by atoms with Gasteiger partial charge in [-0.25, -0.2) is 0 Å². The first kappa shape index (κ1) is 14.0. The first-order valence-corrected chi connectivity index (χ1v) is 6.47. The molecular weight excluding hydrogens is 244 g/mol. The zero-order valence-electron chi connectivity index (χ0n) is 12.0. The van der Waals surface area contributed by atoms with Crippen LogP contribution in [0.4, 0.5) is 0 Å². The minimum Gasteiger partial charge on any atom is -0.379 e. The van der Waals surface area contributed by atoms with Gasteiger partial charge in [0, 0.05) is 30.9 Å². The summed E-state index contributed by atoms with van der Waals surface area (Å²) in [4.78, 5) is 12.3. The number of hydrogen-bond donors (Lipinski definition) is 2. The van der Waals surface area contributed by atoms with Gasteiger partial charge in [-0.1, -0.05) is 0 Å². The van der Waals surface area contributed by atoms with Crippen LogP contribution >= 0.6 is 0 Å². The van der Waals surface area contributed by atoms with E-state index in [0.717, 1.165) is 17.0 Å². The summed E-state index contributed by atoms with van der Waals surface area (Å²) in [5.41, 5.74) is 8.38. The Bertz CT molecular complexity index is 497. The Labute approximate surface area is 113 Å². The van der Waals surface area contributed by atoms with E-state index in [1.807, 2.05) is 32.5 Å². The summed E-state index contributed by atoms with van der Waals surface area (Å²) in [5.74, 6) is -0.0554. The number of aromatic nitrogens is 2. The van der Waals surface area contributed by atoms with E-state index in [9.17, 15) is 4.79 Å². The van der Waals surface area contributed by atoms with Crippen molar-refractivity contribution in [1.29, 1.82) is 0 Å². The van der Waals surface area contributed by atoms with Crippen LogP contribution in [0.3, 0.4) is 0 Å². The number of carbonyl (C=O) groups is 1. The molecule has 2 atom stereocenters. The van der Waals surface area contributed by atoms with E-state index in [2.05, 4.69) is 10.4 Å². The second-order valence-corrected chi connectivity index (χ2v) is 5.49. The van der Waals surface area contributed by atoms with Gasteiger partial charge in [0.2, 0.25) is 5.91 Å². The zero-order valence-corrected chi connectivity index (χ0v) is 12.0. The minimum atomic E-state index is -0.635. The summed E-state index contributed by atoms with van der Waals surface area (Å²) >= 11 is 0. The number of nitrogens with zero attached hydrogens (tertiary/aromatic N) is 2. The van der Waals surface area contributed by atoms with E-state index >= 15 is 0 Å². The van der Waals surface area contributed by atoms with Gasteiger partial charge in [-0.05, 0) is 20.8 Å². The van der Waals surface area contributed by atoms with Crippen LogP contribution in [0, 0.1) is 19.3 Å². The fourth-order valence-electron chi connectivity index (χ4n) is 2.37. The monoisotopic (exact) mass is 266 g/mol. The number of nitrogens with two attached hydrogens (primary N) is 1. The lowest BCUT2D eigenvalue weighted by molar-refractivity contribution is -0.130. The average Bonchev–Trinajstić information content (AvgIpc) is 2.81. The summed E-state index contributed by atoms with van der Waals surface area (Å²) in [6.45, 7) is 7.09. The second-order valence-electron chi connectivity index (χ2n) is 5.49. The molecule has 1 amide bonds. The van der Waals surface area contributed by atoms with Crippen LogP contribution in [0.1, 0.15) is 23.9 Å². The van der Waals surface area contributed by atoms with Gasteiger partial charge in [0.25, 0.3) is 0 Å². The molecule has 2 unspecified atom stereocenters. The molecule has 0 radical (unpaired) electrons. The fourth-order valence-corrected chi connectivity index (χ4v) is 2.37. The highest BCUT2D eigenvalue weighted by atomic mass is 16.5. The van der Waals surface area contributed by atoms with Gasteiger partial charge in [-0.2, -0.15) is 5.10 Å². The van der Waals surface area contributed by atoms with Crippen LogP contribution in [-0.2, 0) is 23.1 Å². The molecule has 3 N–H and O–H groups in total. The molecular formula is C13H22N4O2. The lowest BCUT2D eigenvalue weighted by Crippen LogP contribution is -2.49. The quantitative estimate of drug-likeness (QED) is 0.808. The predicted octanol–water partition coefficient (Wildman–Crippen LogP) is 0.0169. The SMILES string of the molecule is Cc1nn(C)c(C)c1CNC(=O)C1(C)COCC1N. The molecule has 106 valence electrons. The number of rotatable bonds is 3. The molecule has 1 aliphatic rings. The normalized spacial score (nSPS) is 26.7. The molecule has 19 heavy (non-hydrogen) atoms. The van der Waals surface area contributed by atoms with Crippen molar-refractivity contribution in [2.24, 2.45) is 18.2 Å². The molecule has 0 saturated carbocycles. The van der Waals surface area contributed by atoms with Gasteiger partial charge in [-0.15, -0.1) is 0 Å². The van der Waals surface area contributed by atoms with Crippen LogP contribution in [0.2, 0.25) is 0 Å². The molecule has 0 aromatic carbocycles. The van der Waals surface area contributed by atoms with Crippen molar-refractivity contribution in [2.45, 2.75) is 33.4 Å². The molecule has 6 heteroatoms. The molecule has 1 saturated heterocycles. The third-order valence-electron chi connectivity index (χ3n) is 4.12. The van der Waals surface area contributed by atoms with Crippen molar-refractivity contribution in [3.05, 3.63) is 17.0 Å². The number of amides is 1. The molecule has 1 aromatic rings. The Morgan fingerprint density at radius 2 is 2.32 bits per heavy atom. The second kappa shape index (κ2) is 4.94. The topological polar surface area (TPSA) is 82.2 Å². The van der Waals surface area contributed by atoms with Gasteiger partial charge in [-0.3, -0.25) is 9.48 Å². The largest absolute Gasteiger partial charge is 0.379 e. The minimum absolute atomic E-state index is 0.0554. The highest BCUT2D eigenvalue weighted by Crippen LogP contribution is 2.27. The van der Waals surface area contributed by atoms with Crippen molar-refractivity contribution in [3.8, 4) is 0 Å². The van der Waals surface area contributed by atoms with E-state index in [1.54, 1.807) is 0 Å². The summed E-state index contributed by atoms with van der Waals surface area (Å²) in [5, 5.41) is 7.29. The van der Waals surface area contributed by atoms with Crippen LogP contribution in [-0.4, -0.2) is 34.9 Å². The van der Waals surface area contributed by atoms with Crippen molar-refractivity contribution in [3.63, 3.8) is 0 Å². The van der Waals surface area contributed by atoms with Crippen LogP contribution in [0.5, 0.6) is 0 Å². The average molecular weight is 266 g/mol. The van der Waals surface area contributed by atoms with Gasteiger partial charge >= 0.3 is 0 Å². The first-order chi connectivity index (χ1) is 8.86. The van der Waals surface area contributed by atoms with E-state index in [0.29, 0.717) is 19.8 Å². The predicted molar refractivity (Wildman–Crippen MR) is 71.4 cm³/mol. The van der Waals surface area contributed by atoms with E-state index in [-0.39, 0.29) is 11.9 Å². The summed E-state index contributed by atoms with van der Waals surface area (Å²) < 4.78 is 7.12. The molecule has 1 fully saturated rings. The molecule has 2 heterocycles. The Hall–Kier alpha value is -1.40. The molecule has 0 aliphatic carbocycles. The summed E-state index contributed by atoms with van der Waals surface area (Å²) in [6, 6.07) is -0.247. The smallest absolute Gasteiger partial charge is 0.230 e. The van der Waals surface area contributed by atoms with Crippen molar-refractivity contribution < 1.29 is 9.53 Å². The fraction of sp³-hybridized carbons (Fsp3) is 0.692. The van der Waals surface area contributed by atoms with Crippen molar-refractivity contribution in [1.82, 2.24) is 15.1 Å². The van der Waals surface area contributed by atoms with Crippen LogP contribution < -0.4 is 11.1 Å². The van der Waals surface area contributed by atoms with Crippen LogP contribution in [0.25, 0.3) is 0 Å². The van der Waals surface area contributed by atoms with Crippen molar-refractivity contribution in [2.75, 3.05) is 13.2 Å².